The van der Waals surface area contributed by atoms with Crippen molar-refractivity contribution in [2.75, 3.05) is 26.2 Å². The van der Waals surface area contributed by atoms with Crippen molar-refractivity contribution in [3.05, 3.63) is 0 Å². The molecule has 2 heterocycles. The third-order valence-corrected chi connectivity index (χ3v) is 3.76. The minimum absolute atomic E-state index is 0.0333. The van der Waals surface area contributed by atoms with Crippen molar-refractivity contribution in [1.82, 2.24) is 10.2 Å². The summed E-state index contributed by atoms with van der Waals surface area (Å²) in [6.45, 7) is 4.61. The molecule has 0 aliphatic carbocycles. The molecule has 2 N–H and O–H groups in total. The normalized spacial score (nSPS) is 30.6. The molecule has 2 saturated heterocycles. The van der Waals surface area contributed by atoms with Crippen molar-refractivity contribution in [3.8, 4) is 0 Å². The SMILES string of the molecule is OC1CCN(CCC2CCCCN2)CC1. The average Bonchev–Trinajstić information content (AvgIpc) is 2.30. The first-order valence-corrected chi connectivity index (χ1v) is 6.48. The quantitative estimate of drug-likeness (QED) is 0.732. The molecule has 88 valence electrons. The summed E-state index contributed by atoms with van der Waals surface area (Å²) in [4.78, 5) is 2.50. The summed E-state index contributed by atoms with van der Waals surface area (Å²) in [6.07, 6.45) is 7.31. The summed E-state index contributed by atoms with van der Waals surface area (Å²) < 4.78 is 0. The zero-order chi connectivity index (χ0) is 10.5. The molecule has 1 unspecified atom stereocenters. The lowest BCUT2D eigenvalue weighted by Gasteiger charge is -2.31. The van der Waals surface area contributed by atoms with Gasteiger partial charge in [-0.3, -0.25) is 0 Å². The van der Waals surface area contributed by atoms with Gasteiger partial charge in [-0.25, -0.2) is 0 Å². The summed E-state index contributed by atoms with van der Waals surface area (Å²) in [7, 11) is 0. The van der Waals surface area contributed by atoms with Crippen LogP contribution in [0, 0.1) is 0 Å². The number of hydrogen-bond acceptors (Lipinski definition) is 3. The lowest BCUT2D eigenvalue weighted by Crippen LogP contribution is -2.40. The van der Waals surface area contributed by atoms with Gasteiger partial charge in [-0.1, -0.05) is 6.42 Å². The van der Waals surface area contributed by atoms with Crippen LogP contribution < -0.4 is 5.32 Å². The maximum absolute atomic E-state index is 9.40. The van der Waals surface area contributed by atoms with Crippen LogP contribution in [-0.4, -0.2) is 48.3 Å². The topological polar surface area (TPSA) is 35.5 Å². The largest absolute Gasteiger partial charge is 0.393 e. The Bertz CT molecular complexity index is 172. The van der Waals surface area contributed by atoms with Gasteiger partial charge in [-0.2, -0.15) is 0 Å². The lowest BCUT2D eigenvalue weighted by atomic mass is 10.0. The monoisotopic (exact) mass is 212 g/mol. The minimum Gasteiger partial charge on any atom is -0.393 e. The van der Waals surface area contributed by atoms with Crippen molar-refractivity contribution < 1.29 is 5.11 Å². The first kappa shape index (κ1) is 11.4. The fraction of sp³-hybridized carbons (Fsp3) is 1.00. The van der Waals surface area contributed by atoms with Gasteiger partial charge in [0.25, 0.3) is 0 Å². The lowest BCUT2D eigenvalue weighted by molar-refractivity contribution is 0.0801. The molecule has 0 bridgehead atoms. The molecule has 15 heavy (non-hydrogen) atoms. The molecule has 0 aromatic carbocycles. The molecule has 3 heteroatoms. The maximum Gasteiger partial charge on any atom is 0.0564 e. The van der Waals surface area contributed by atoms with Crippen molar-refractivity contribution in [1.29, 1.82) is 0 Å². The number of rotatable bonds is 3. The van der Waals surface area contributed by atoms with E-state index in [0.29, 0.717) is 0 Å². The van der Waals surface area contributed by atoms with Gasteiger partial charge in [0.05, 0.1) is 6.10 Å². The van der Waals surface area contributed by atoms with Gasteiger partial charge in [-0.15, -0.1) is 0 Å². The summed E-state index contributed by atoms with van der Waals surface area (Å²) >= 11 is 0. The van der Waals surface area contributed by atoms with Crippen LogP contribution in [0.3, 0.4) is 0 Å². The van der Waals surface area contributed by atoms with E-state index in [0.717, 1.165) is 32.0 Å². The van der Waals surface area contributed by atoms with Crippen LogP contribution >= 0.6 is 0 Å². The predicted octanol–water partition coefficient (Wildman–Crippen LogP) is 0.975. The highest BCUT2D eigenvalue weighted by molar-refractivity contribution is 4.76. The van der Waals surface area contributed by atoms with Crippen LogP contribution in [0.25, 0.3) is 0 Å². The van der Waals surface area contributed by atoms with Gasteiger partial charge in [0.1, 0.15) is 0 Å². The first-order chi connectivity index (χ1) is 7.34. The van der Waals surface area contributed by atoms with Crippen molar-refractivity contribution in [2.45, 2.75) is 50.7 Å². The molecule has 2 rings (SSSR count). The van der Waals surface area contributed by atoms with E-state index in [-0.39, 0.29) is 6.10 Å². The Morgan fingerprint density at radius 3 is 2.60 bits per heavy atom. The second kappa shape index (κ2) is 5.83. The van der Waals surface area contributed by atoms with Crippen LogP contribution in [0.2, 0.25) is 0 Å². The highest BCUT2D eigenvalue weighted by Gasteiger charge is 2.18. The third-order valence-electron chi connectivity index (χ3n) is 3.76. The number of aliphatic hydroxyl groups is 1. The summed E-state index contributed by atoms with van der Waals surface area (Å²) in [5.74, 6) is 0. The van der Waals surface area contributed by atoms with Gasteiger partial charge in [0.2, 0.25) is 0 Å². The minimum atomic E-state index is -0.0333. The summed E-state index contributed by atoms with van der Waals surface area (Å²) in [5.41, 5.74) is 0. The van der Waals surface area contributed by atoms with E-state index in [1.165, 1.54) is 38.8 Å². The number of likely N-dealkylation sites (tertiary alicyclic amines) is 1. The number of nitrogens with one attached hydrogen (secondary N) is 1. The van der Waals surface area contributed by atoms with Gasteiger partial charge >= 0.3 is 0 Å². The van der Waals surface area contributed by atoms with E-state index >= 15 is 0 Å². The fourth-order valence-corrected chi connectivity index (χ4v) is 2.65. The van der Waals surface area contributed by atoms with E-state index in [1.807, 2.05) is 0 Å². The Morgan fingerprint density at radius 1 is 1.13 bits per heavy atom. The molecule has 0 spiro atoms. The van der Waals surface area contributed by atoms with Gasteiger partial charge < -0.3 is 15.3 Å². The van der Waals surface area contributed by atoms with Crippen LogP contribution in [0.1, 0.15) is 38.5 Å². The first-order valence-electron chi connectivity index (χ1n) is 6.48. The summed E-state index contributed by atoms with van der Waals surface area (Å²) in [5, 5.41) is 13.0. The number of hydrogen-bond donors (Lipinski definition) is 2. The standard InChI is InChI=1S/C12H24N2O/c15-12-5-9-14(10-6-12)8-4-11-3-1-2-7-13-11/h11-13,15H,1-10H2. The average molecular weight is 212 g/mol. The number of piperidine rings is 2. The number of aliphatic hydroxyl groups excluding tert-OH is 1. The van der Waals surface area contributed by atoms with Crippen LogP contribution in [0.15, 0.2) is 0 Å². The van der Waals surface area contributed by atoms with E-state index < -0.39 is 0 Å². The second-order valence-electron chi connectivity index (χ2n) is 5.01. The van der Waals surface area contributed by atoms with Crippen molar-refractivity contribution in [2.24, 2.45) is 0 Å². The molecular weight excluding hydrogens is 188 g/mol. The highest BCUT2D eigenvalue weighted by Crippen LogP contribution is 2.14. The molecule has 0 aromatic rings. The molecule has 1 atom stereocenters. The molecular formula is C12H24N2O. The molecule has 0 aromatic heterocycles. The van der Waals surface area contributed by atoms with E-state index in [9.17, 15) is 5.11 Å². The Kier molecular flexibility index (Phi) is 4.42. The van der Waals surface area contributed by atoms with Gasteiger partial charge in [0, 0.05) is 19.1 Å². The predicted molar refractivity (Wildman–Crippen MR) is 61.9 cm³/mol. The zero-order valence-corrected chi connectivity index (χ0v) is 9.62. The van der Waals surface area contributed by atoms with Gasteiger partial charge in [0.15, 0.2) is 0 Å². The smallest absolute Gasteiger partial charge is 0.0564 e. The van der Waals surface area contributed by atoms with Crippen LogP contribution in [-0.2, 0) is 0 Å². The van der Waals surface area contributed by atoms with Gasteiger partial charge in [-0.05, 0) is 45.2 Å². The molecule has 2 aliphatic rings. The van der Waals surface area contributed by atoms with Crippen molar-refractivity contribution in [3.63, 3.8) is 0 Å². The van der Waals surface area contributed by atoms with Crippen LogP contribution in [0.5, 0.6) is 0 Å². The van der Waals surface area contributed by atoms with E-state index in [4.69, 9.17) is 0 Å². The Morgan fingerprint density at radius 2 is 1.93 bits per heavy atom. The summed E-state index contributed by atoms with van der Waals surface area (Å²) in [6, 6.07) is 0.755. The molecule has 3 nitrogen and oxygen atoms in total. The maximum atomic E-state index is 9.40. The van der Waals surface area contributed by atoms with E-state index in [1.54, 1.807) is 0 Å². The fourth-order valence-electron chi connectivity index (χ4n) is 2.65. The Labute approximate surface area is 92.8 Å². The Hall–Kier alpha value is -0.120. The second-order valence-corrected chi connectivity index (χ2v) is 5.01. The Balaban J connectivity index is 1.60. The van der Waals surface area contributed by atoms with Crippen molar-refractivity contribution >= 4 is 0 Å². The number of nitrogens with zero attached hydrogens (tertiary/aromatic N) is 1. The van der Waals surface area contributed by atoms with Crippen LogP contribution in [0.4, 0.5) is 0 Å². The zero-order valence-electron chi connectivity index (χ0n) is 9.62. The molecule has 2 fully saturated rings. The van der Waals surface area contributed by atoms with E-state index in [2.05, 4.69) is 10.2 Å². The molecule has 0 radical (unpaired) electrons. The molecule has 2 aliphatic heterocycles. The third kappa shape index (κ3) is 3.74. The molecule has 0 amide bonds. The molecule has 0 saturated carbocycles. The highest BCUT2D eigenvalue weighted by atomic mass is 16.3.